The number of aromatic nitrogens is 2. The van der Waals surface area contributed by atoms with Crippen molar-refractivity contribution in [2.75, 3.05) is 16.6 Å². The summed E-state index contributed by atoms with van der Waals surface area (Å²) in [7, 11) is -3.62. The zero-order valence-electron chi connectivity index (χ0n) is 10.4. The molecular weight excluding hydrogens is 264 g/mol. The van der Waals surface area contributed by atoms with Crippen LogP contribution in [0.4, 0.5) is 11.5 Å². The van der Waals surface area contributed by atoms with Gasteiger partial charge in [0.2, 0.25) is 0 Å². The van der Waals surface area contributed by atoms with E-state index < -0.39 is 10.0 Å². The molecule has 6 nitrogen and oxygen atoms in total. The highest BCUT2D eigenvalue weighted by atomic mass is 32.2. The van der Waals surface area contributed by atoms with E-state index >= 15 is 0 Å². The van der Waals surface area contributed by atoms with E-state index in [9.17, 15) is 8.42 Å². The van der Waals surface area contributed by atoms with Gasteiger partial charge in [0.15, 0.2) is 0 Å². The van der Waals surface area contributed by atoms with Gasteiger partial charge in [0.1, 0.15) is 5.82 Å². The highest BCUT2D eigenvalue weighted by Crippen LogP contribution is 2.16. The van der Waals surface area contributed by atoms with Crippen LogP contribution in [0, 0.1) is 0 Å². The third kappa shape index (κ3) is 3.41. The van der Waals surface area contributed by atoms with Crippen molar-refractivity contribution >= 4 is 21.5 Å². The number of nitrogens with one attached hydrogen (secondary N) is 2. The molecule has 0 saturated heterocycles. The van der Waals surface area contributed by atoms with Crippen LogP contribution in [-0.4, -0.2) is 24.9 Å². The van der Waals surface area contributed by atoms with Crippen molar-refractivity contribution in [2.24, 2.45) is 0 Å². The van der Waals surface area contributed by atoms with E-state index in [0.29, 0.717) is 18.1 Å². The zero-order valence-corrected chi connectivity index (χ0v) is 11.2. The Morgan fingerprint density at radius 3 is 2.79 bits per heavy atom. The fourth-order valence-corrected chi connectivity index (χ4v) is 2.55. The van der Waals surface area contributed by atoms with Crippen LogP contribution in [-0.2, 0) is 10.0 Å². The maximum atomic E-state index is 12.2. The number of rotatable bonds is 5. The molecule has 2 N–H and O–H groups in total. The molecule has 0 saturated carbocycles. The molecule has 19 heavy (non-hydrogen) atoms. The smallest absolute Gasteiger partial charge is 0.262 e. The zero-order chi connectivity index (χ0) is 13.7. The molecule has 0 radical (unpaired) electrons. The van der Waals surface area contributed by atoms with E-state index in [1.54, 1.807) is 18.3 Å². The molecule has 2 heterocycles. The summed E-state index contributed by atoms with van der Waals surface area (Å²) in [6.07, 6.45) is 4.48. The summed E-state index contributed by atoms with van der Waals surface area (Å²) < 4.78 is 26.8. The Kier molecular flexibility index (Phi) is 3.96. The lowest BCUT2D eigenvalue weighted by Crippen LogP contribution is -2.13. The van der Waals surface area contributed by atoms with Crippen molar-refractivity contribution in [3.63, 3.8) is 0 Å². The van der Waals surface area contributed by atoms with Gasteiger partial charge in [-0.25, -0.2) is 13.4 Å². The van der Waals surface area contributed by atoms with Gasteiger partial charge in [-0.1, -0.05) is 0 Å². The van der Waals surface area contributed by atoms with E-state index in [1.807, 2.05) is 6.92 Å². The molecule has 0 fully saturated rings. The first-order valence-corrected chi connectivity index (χ1v) is 7.23. The van der Waals surface area contributed by atoms with Crippen LogP contribution in [0.1, 0.15) is 6.92 Å². The maximum absolute atomic E-state index is 12.2. The number of anilines is 2. The number of pyridine rings is 2. The highest BCUT2D eigenvalue weighted by Gasteiger charge is 2.14. The van der Waals surface area contributed by atoms with Crippen LogP contribution in [0.2, 0.25) is 0 Å². The van der Waals surface area contributed by atoms with Crippen molar-refractivity contribution in [3.8, 4) is 0 Å². The number of hydrogen-bond acceptors (Lipinski definition) is 5. The standard InChI is InChI=1S/C12H14N4O2S/c1-2-14-12-8-11(5-7-15-12)19(17,18)16-10-4-3-6-13-9-10/h3-9,16H,2H2,1H3,(H,14,15). The predicted octanol–water partition coefficient (Wildman–Crippen LogP) is 1.71. The minimum atomic E-state index is -3.62. The molecule has 0 amide bonds. The van der Waals surface area contributed by atoms with Gasteiger partial charge in [-0.15, -0.1) is 0 Å². The Hall–Kier alpha value is -2.15. The average Bonchev–Trinajstić information content (AvgIpc) is 2.40. The second kappa shape index (κ2) is 5.66. The number of hydrogen-bond donors (Lipinski definition) is 2. The molecule has 0 spiro atoms. The summed E-state index contributed by atoms with van der Waals surface area (Å²) in [5.41, 5.74) is 0.421. The second-order valence-electron chi connectivity index (χ2n) is 3.75. The summed E-state index contributed by atoms with van der Waals surface area (Å²) in [5.74, 6) is 0.525. The van der Waals surface area contributed by atoms with Crippen molar-refractivity contribution < 1.29 is 8.42 Å². The molecule has 0 aliphatic rings. The molecule has 0 aliphatic carbocycles. The summed E-state index contributed by atoms with van der Waals surface area (Å²) in [4.78, 5) is 8.05. The third-order valence-corrected chi connectivity index (χ3v) is 3.69. The maximum Gasteiger partial charge on any atom is 0.262 e. The summed E-state index contributed by atoms with van der Waals surface area (Å²) in [6, 6.07) is 6.23. The summed E-state index contributed by atoms with van der Waals surface area (Å²) in [6.45, 7) is 2.59. The molecule has 2 rings (SSSR count). The van der Waals surface area contributed by atoms with Gasteiger partial charge in [-0.05, 0) is 25.1 Å². The topological polar surface area (TPSA) is 84.0 Å². The summed E-state index contributed by atoms with van der Waals surface area (Å²) >= 11 is 0. The SMILES string of the molecule is CCNc1cc(S(=O)(=O)Nc2cccnc2)ccn1. The normalized spacial score (nSPS) is 11.0. The molecule has 100 valence electrons. The minimum absolute atomic E-state index is 0.155. The Balaban J connectivity index is 2.27. The van der Waals surface area contributed by atoms with E-state index in [0.717, 1.165) is 0 Å². The van der Waals surface area contributed by atoms with Gasteiger partial charge in [0.05, 0.1) is 16.8 Å². The van der Waals surface area contributed by atoms with Crippen molar-refractivity contribution in [2.45, 2.75) is 11.8 Å². The number of sulfonamides is 1. The largest absolute Gasteiger partial charge is 0.370 e. The van der Waals surface area contributed by atoms with Crippen LogP contribution in [0.25, 0.3) is 0 Å². The monoisotopic (exact) mass is 278 g/mol. The molecule has 0 atom stereocenters. The fourth-order valence-electron chi connectivity index (χ4n) is 1.49. The third-order valence-electron chi connectivity index (χ3n) is 2.31. The quantitative estimate of drug-likeness (QED) is 0.869. The minimum Gasteiger partial charge on any atom is -0.370 e. The second-order valence-corrected chi connectivity index (χ2v) is 5.44. The van der Waals surface area contributed by atoms with Crippen LogP contribution in [0.15, 0.2) is 47.8 Å². The predicted molar refractivity (Wildman–Crippen MR) is 73.4 cm³/mol. The van der Waals surface area contributed by atoms with Crippen LogP contribution in [0.5, 0.6) is 0 Å². The van der Waals surface area contributed by atoms with E-state index in [4.69, 9.17) is 0 Å². The van der Waals surface area contributed by atoms with Gasteiger partial charge in [0, 0.05) is 25.0 Å². The molecule has 0 aliphatic heterocycles. The first-order chi connectivity index (χ1) is 9.12. The first-order valence-electron chi connectivity index (χ1n) is 5.74. The van der Waals surface area contributed by atoms with Gasteiger partial charge >= 0.3 is 0 Å². The van der Waals surface area contributed by atoms with Crippen LogP contribution in [0.3, 0.4) is 0 Å². The number of nitrogens with zero attached hydrogens (tertiary/aromatic N) is 2. The molecular formula is C12H14N4O2S. The lowest BCUT2D eigenvalue weighted by atomic mass is 10.4. The van der Waals surface area contributed by atoms with Gasteiger partial charge in [-0.2, -0.15) is 0 Å². The van der Waals surface area contributed by atoms with Crippen molar-refractivity contribution in [3.05, 3.63) is 42.9 Å². The molecule has 2 aromatic rings. The van der Waals surface area contributed by atoms with E-state index in [2.05, 4.69) is 20.0 Å². The molecule has 2 aromatic heterocycles. The van der Waals surface area contributed by atoms with E-state index in [1.165, 1.54) is 24.5 Å². The average molecular weight is 278 g/mol. The van der Waals surface area contributed by atoms with Crippen molar-refractivity contribution in [1.29, 1.82) is 0 Å². The Labute approximate surface area is 112 Å². The van der Waals surface area contributed by atoms with Crippen LogP contribution >= 0.6 is 0 Å². The lowest BCUT2D eigenvalue weighted by Gasteiger charge is -2.09. The molecule has 0 bridgehead atoms. The Bertz CT molecular complexity index is 644. The molecule has 0 unspecified atom stereocenters. The van der Waals surface area contributed by atoms with Crippen LogP contribution < -0.4 is 10.0 Å². The Morgan fingerprint density at radius 1 is 1.26 bits per heavy atom. The van der Waals surface area contributed by atoms with Crippen molar-refractivity contribution in [1.82, 2.24) is 9.97 Å². The first kappa shape index (κ1) is 13.3. The molecule has 7 heteroatoms. The van der Waals surface area contributed by atoms with Gasteiger partial charge < -0.3 is 5.32 Å². The van der Waals surface area contributed by atoms with E-state index in [-0.39, 0.29) is 4.90 Å². The van der Waals surface area contributed by atoms with Gasteiger partial charge in [-0.3, -0.25) is 9.71 Å². The van der Waals surface area contributed by atoms with Gasteiger partial charge in [0.25, 0.3) is 10.0 Å². The fraction of sp³-hybridized carbons (Fsp3) is 0.167. The highest BCUT2D eigenvalue weighted by molar-refractivity contribution is 7.92. The Morgan fingerprint density at radius 2 is 2.11 bits per heavy atom. The lowest BCUT2D eigenvalue weighted by molar-refractivity contribution is 0.601. The molecule has 0 aromatic carbocycles. The summed E-state index contributed by atoms with van der Waals surface area (Å²) in [5, 5.41) is 2.97.